The van der Waals surface area contributed by atoms with Crippen LogP contribution in [0.4, 0.5) is 0 Å². The number of ether oxygens (including phenoxy) is 1. The zero-order valence-electron chi connectivity index (χ0n) is 16.1. The maximum atomic E-state index is 12.1. The molecule has 0 spiro atoms. The molecule has 1 saturated heterocycles. The quantitative estimate of drug-likeness (QED) is 0.746. The Balaban J connectivity index is 0.000000527. The summed E-state index contributed by atoms with van der Waals surface area (Å²) < 4.78 is 5.40. The van der Waals surface area contributed by atoms with E-state index in [-0.39, 0.29) is 0 Å². The Morgan fingerprint density at radius 3 is 2.07 bits per heavy atom. The Morgan fingerprint density at radius 1 is 1.04 bits per heavy atom. The summed E-state index contributed by atoms with van der Waals surface area (Å²) in [6.07, 6.45) is 0.659. The predicted molar refractivity (Wildman–Crippen MR) is 99.6 cm³/mol. The minimum absolute atomic E-state index is 0.293. The van der Waals surface area contributed by atoms with Crippen LogP contribution >= 0.6 is 0 Å². The zero-order chi connectivity index (χ0) is 20.4. The second kappa shape index (κ2) is 11.2. The average Bonchev–Trinajstić information content (AvgIpc) is 2.62. The summed E-state index contributed by atoms with van der Waals surface area (Å²) in [6.45, 7) is 8.60. The van der Waals surface area contributed by atoms with Gasteiger partial charge in [0.1, 0.15) is 5.75 Å². The molecular formula is C19H28N2O6. The monoisotopic (exact) mass is 380 g/mol. The molecule has 2 rings (SSSR count). The SMILES string of the molecule is COc1ccccc1CN1CCN(C(=O)CC(C)C)CC1.O=C(O)C(=O)O. The first-order valence-corrected chi connectivity index (χ1v) is 8.82. The van der Waals surface area contributed by atoms with Gasteiger partial charge in [-0.2, -0.15) is 0 Å². The van der Waals surface area contributed by atoms with Crippen LogP contribution < -0.4 is 4.74 Å². The summed E-state index contributed by atoms with van der Waals surface area (Å²) in [7, 11) is 1.71. The molecule has 8 nitrogen and oxygen atoms in total. The fourth-order valence-electron chi connectivity index (χ4n) is 2.71. The van der Waals surface area contributed by atoms with Crippen molar-refractivity contribution < 1.29 is 29.3 Å². The Hall–Kier alpha value is -2.61. The van der Waals surface area contributed by atoms with E-state index in [1.54, 1.807) is 7.11 Å². The number of methoxy groups -OCH3 is 1. The van der Waals surface area contributed by atoms with Crippen molar-refractivity contribution >= 4 is 17.8 Å². The molecule has 2 N–H and O–H groups in total. The van der Waals surface area contributed by atoms with Gasteiger partial charge >= 0.3 is 11.9 Å². The van der Waals surface area contributed by atoms with E-state index in [1.165, 1.54) is 5.56 Å². The van der Waals surface area contributed by atoms with Gasteiger partial charge in [0.2, 0.25) is 5.91 Å². The second-order valence-corrected chi connectivity index (χ2v) is 6.68. The summed E-state index contributed by atoms with van der Waals surface area (Å²) >= 11 is 0. The smallest absolute Gasteiger partial charge is 0.414 e. The molecule has 8 heteroatoms. The normalized spacial score (nSPS) is 14.3. The molecule has 0 aromatic heterocycles. The van der Waals surface area contributed by atoms with Gasteiger partial charge in [0.15, 0.2) is 0 Å². The van der Waals surface area contributed by atoms with Gasteiger partial charge in [0, 0.05) is 44.7 Å². The number of amides is 1. The number of piperazine rings is 1. The first-order valence-electron chi connectivity index (χ1n) is 8.82. The van der Waals surface area contributed by atoms with Gasteiger partial charge in [-0.3, -0.25) is 9.69 Å². The van der Waals surface area contributed by atoms with E-state index in [1.807, 2.05) is 23.1 Å². The van der Waals surface area contributed by atoms with Gasteiger partial charge < -0.3 is 19.8 Å². The van der Waals surface area contributed by atoms with Gasteiger partial charge in [-0.1, -0.05) is 32.0 Å². The third-order valence-electron chi connectivity index (χ3n) is 4.08. The molecule has 1 heterocycles. The van der Waals surface area contributed by atoms with Gasteiger partial charge in [0.05, 0.1) is 7.11 Å². The molecule has 1 aliphatic rings. The molecule has 27 heavy (non-hydrogen) atoms. The lowest BCUT2D eigenvalue weighted by atomic mass is 10.1. The van der Waals surface area contributed by atoms with Gasteiger partial charge in [-0.25, -0.2) is 9.59 Å². The number of carbonyl (C=O) groups is 3. The van der Waals surface area contributed by atoms with Crippen LogP contribution in [0.3, 0.4) is 0 Å². The van der Waals surface area contributed by atoms with E-state index in [4.69, 9.17) is 24.5 Å². The van der Waals surface area contributed by atoms with E-state index in [2.05, 4.69) is 24.8 Å². The molecule has 150 valence electrons. The first-order chi connectivity index (χ1) is 12.7. The molecule has 0 saturated carbocycles. The van der Waals surface area contributed by atoms with Crippen molar-refractivity contribution in [2.45, 2.75) is 26.8 Å². The average molecular weight is 380 g/mol. The van der Waals surface area contributed by atoms with Gasteiger partial charge in [-0.05, 0) is 12.0 Å². The minimum Gasteiger partial charge on any atom is -0.496 e. The maximum absolute atomic E-state index is 12.1. The van der Waals surface area contributed by atoms with Crippen LogP contribution in [-0.2, 0) is 20.9 Å². The predicted octanol–water partition coefficient (Wildman–Crippen LogP) is 1.54. The Morgan fingerprint density at radius 2 is 1.59 bits per heavy atom. The largest absolute Gasteiger partial charge is 0.496 e. The number of benzene rings is 1. The molecule has 0 bridgehead atoms. The van der Waals surface area contributed by atoms with Crippen LogP contribution in [0.5, 0.6) is 5.75 Å². The van der Waals surface area contributed by atoms with Crippen LogP contribution in [-0.4, -0.2) is 71.1 Å². The molecular weight excluding hydrogens is 352 g/mol. The second-order valence-electron chi connectivity index (χ2n) is 6.68. The van der Waals surface area contributed by atoms with Crippen molar-refractivity contribution in [2.75, 3.05) is 33.3 Å². The third-order valence-corrected chi connectivity index (χ3v) is 4.08. The minimum atomic E-state index is -1.82. The van der Waals surface area contributed by atoms with Crippen molar-refractivity contribution in [2.24, 2.45) is 5.92 Å². The highest BCUT2D eigenvalue weighted by Gasteiger charge is 2.22. The number of hydrogen-bond acceptors (Lipinski definition) is 5. The van der Waals surface area contributed by atoms with Crippen molar-refractivity contribution in [1.82, 2.24) is 9.80 Å². The lowest BCUT2D eigenvalue weighted by Crippen LogP contribution is -2.48. The molecule has 1 fully saturated rings. The van der Waals surface area contributed by atoms with E-state index in [0.717, 1.165) is 38.5 Å². The fourth-order valence-corrected chi connectivity index (χ4v) is 2.71. The molecule has 1 aliphatic heterocycles. The van der Waals surface area contributed by atoms with E-state index in [9.17, 15) is 4.79 Å². The van der Waals surface area contributed by atoms with Crippen LogP contribution in [0.15, 0.2) is 24.3 Å². The van der Waals surface area contributed by atoms with Crippen molar-refractivity contribution in [3.05, 3.63) is 29.8 Å². The summed E-state index contributed by atoms with van der Waals surface area (Å²) in [5.74, 6) is -1.98. The zero-order valence-corrected chi connectivity index (χ0v) is 16.1. The van der Waals surface area contributed by atoms with E-state index >= 15 is 0 Å². The highest BCUT2D eigenvalue weighted by Crippen LogP contribution is 2.20. The van der Waals surface area contributed by atoms with E-state index < -0.39 is 11.9 Å². The molecule has 0 aliphatic carbocycles. The molecule has 0 unspecified atom stereocenters. The van der Waals surface area contributed by atoms with E-state index in [0.29, 0.717) is 18.2 Å². The van der Waals surface area contributed by atoms with Crippen molar-refractivity contribution in [1.29, 1.82) is 0 Å². The Bertz CT molecular complexity index is 627. The number of para-hydroxylation sites is 1. The van der Waals surface area contributed by atoms with Crippen LogP contribution in [0.25, 0.3) is 0 Å². The number of carboxylic acid groups (broad SMARTS) is 2. The molecule has 0 radical (unpaired) electrons. The topological polar surface area (TPSA) is 107 Å². The molecule has 1 aromatic rings. The van der Waals surface area contributed by atoms with Gasteiger partial charge in [-0.15, -0.1) is 0 Å². The Kier molecular flexibility index (Phi) is 9.29. The molecule has 1 amide bonds. The third kappa shape index (κ3) is 8.08. The fraction of sp³-hybridized carbons (Fsp3) is 0.526. The lowest BCUT2D eigenvalue weighted by molar-refractivity contribution is -0.159. The van der Waals surface area contributed by atoms with Crippen molar-refractivity contribution in [3.63, 3.8) is 0 Å². The lowest BCUT2D eigenvalue weighted by Gasteiger charge is -2.35. The first kappa shape index (κ1) is 22.4. The van der Waals surface area contributed by atoms with Gasteiger partial charge in [0.25, 0.3) is 0 Å². The highest BCUT2D eigenvalue weighted by atomic mass is 16.5. The standard InChI is InChI=1S/C17H26N2O2.C2H2O4/c1-14(2)12-17(20)19-10-8-18(9-11-19)13-15-6-4-5-7-16(15)21-3;3-1(4)2(5)6/h4-7,14H,8-13H2,1-3H3;(H,3,4)(H,5,6). The number of carbonyl (C=O) groups excluding carboxylic acids is 1. The number of carboxylic acids is 2. The maximum Gasteiger partial charge on any atom is 0.414 e. The number of aliphatic carboxylic acids is 2. The molecule has 1 aromatic carbocycles. The number of hydrogen-bond donors (Lipinski definition) is 2. The van der Waals surface area contributed by atoms with Crippen LogP contribution in [0, 0.1) is 5.92 Å². The highest BCUT2D eigenvalue weighted by molar-refractivity contribution is 6.27. The van der Waals surface area contributed by atoms with Crippen LogP contribution in [0.1, 0.15) is 25.8 Å². The summed E-state index contributed by atoms with van der Waals surface area (Å²) in [5, 5.41) is 14.8. The summed E-state index contributed by atoms with van der Waals surface area (Å²) in [5.41, 5.74) is 1.21. The number of nitrogens with zero attached hydrogens (tertiary/aromatic N) is 2. The van der Waals surface area contributed by atoms with Crippen molar-refractivity contribution in [3.8, 4) is 5.75 Å². The Labute approximate surface area is 159 Å². The molecule has 0 atom stereocenters. The summed E-state index contributed by atoms with van der Waals surface area (Å²) in [4.78, 5) is 34.6. The number of rotatable bonds is 5. The van der Waals surface area contributed by atoms with Crippen LogP contribution in [0.2, 0.25) is 0 Å². The summed E-state index contributed by atoms with van der Waals surface area (Å²) in [6, 6.07) is 8.14.